The van der Waals surface area contributed by atoms with Crippen LogP contribution in [-0.4, -0.2) is 9.85 Å². The van der Waals surface area contributed by atoms with Gasteiger partial charge in [-0.2, -0.15) is 0 Å². The van der Waals surface area contributed by atoms with Crippen molar-refractivity contribution in [2.24, 2.45) is 0 Å². The first kappa shape index (κ1) is 15.2. The smallest absolute Gasteiger partial charge is 0.253 e. The van der Waals surface area contributed by atoms with Crippen LogP contribution in [0.3, 0.4) is 0 Å². The summed E-state index contributed by atoms with van der Waals surface area (Å²) in [6, 6.07) is 8.82. The number of rotatable bonds is 4. The molecular weight excluding hydrogens is 298 g/mol. The normalized spacial score (nSPS) is 10.1. The lowest BCUT2D eigenvalue weighted by molar-refractivity contribution is -0.614. The molecule has 0 fully saturated rings. The van der Waals surface area contributed by atoms with Gasteiger partial charge in [0.1, 0.15) is 27.1 Å². The van der Waals surface area contributed by atoms with E-state index < -0.39 is 27.3 Å². The molecule has 0 aliphatic rings. The second-order valence-corrected chi connectivity index (χ2v) is 4.23. The third-order valence-electron chi connectivity index (χ3n) is 2.84. The Morgan fingerprint density at radius 2 is 1.05 bits per heavy atom. The van der Waals surface area contributed by atoms with Crippen molar-refractivity contribution < 1.29 is 18.6 Å². The van der Waals surface area contributed by atoms with Crippen molar-refractivity contribution in [2.75, 3.05) is 0 Å². The Labute approximate surface area is 122 Å². The van der Waals surface area contributed by atoms with Gasteiger partial charge in [0, 0.05) is 0 Å². The van der Waals surface area contributed by atoms with E-state index >= 15 is 0 Å². The topological polar surface area (TPSA) is 86.3 Å². The third-order valence-corrected chi connectivity index (χ3v) is 2.84. The lowest BCUT2D eigenvalue weighted by Crippen LogP contribution is -2.13. The monoisotopic (exact) mass is 306 g/mol. The van der Waals surface area contributed by atoms with Crippen LogP contribution in [0.25, 0.3) is 5.57 Å². The molecular formula is C14H8F2N2O4. The Bertz CT molecular complexity index is 692. The van der Waals surface area contributed by atoms with Crippen molar-refractivity contribution in [1.82, 2.24) is 0 Å². The predicted molar refractivity (Wildman–Crippen MR) is 72.8 cm³/mol. The van der Waals surface area contributed by atoms with Crippen molar-refractivity contribution in [1.29, 1.82) is 0 Å². The van der Waals surface area contributed by atoms with Crippen LogP contribution in [0.5, 0.6) is 0 Å². The Morgan fingerprint density at radius 1 is 0.727 bits per heavy atom. The molecule has 6 nitrogen and oxygen atoms in total. The summed E-state index contributed by atoms with van der Waals surface area (Å²) in [5.74, 6) is -2.45. The summed E-state index contributed by atoms with van der Waals surface area (Å²) in [5, 5.41) is 22.0. The van der Waals surface area contributed by atoms with Gasteiger partial charge in [-0.1, -0.05) is 24.3 Å². The maximum absolute atomic E-state index is 13.0. The summed E-state index contributed by atoms with van der Waals surface area (Å²) in [7, 11) is 0. The third kappa shape index (κ3) is 3.11. The molecule has 0 aliphatic carbocycles. The summed E-state index contributed by atoms with van der Waals surface area (Å²) in [4.78, 5) is 19.8. The summed E-state index contributed by atoms with van der Waals surface area (Å²) < 4.78 is 26.0. The highest BCUT2D eigenvalue weighted by atomic mass is 19.1. The van der Waals surface area contributed by atoms with Gasteiger partial charge in [-0.3, -0.25) is 20.2 Å². The summed E-state index contributed by atoms with van der Waals surface area (Å²) >= 11 is 0. The Kier molecular flexibility index (Phi) is 4.21. The lowest BCUT2D eigenvalue weighted by Gasteiger charge is -2.05. The SMILES string of the molecule is O=[N+]([O-])C(=C(c1ccc(F)cc1)c1ccc(F)cc1)[N+](=O)[O-]. The maximum atomic E-state index is 13.0. The number of nitro groups is 2. The lowest BCUT2D eigenvalue weighted by atomic mass is 9.98. The molecule has 2 aromatic carbocycles. The minimum Gasteiger partial charge on any atom is -0.253 e. The molecule has 0 N–H and O–H groups in total. The van der Waals surface area contributed by atoms with Crippen molar-refractivity contribution in [2.45, 2.75) is 0 Å². The average Bonchev–Trinajstić information content (AvgIpc) is 2.46. The van der Waals surface area contributed by atoms with Crippen molar-refractivity contribution in [3.05, 3.63) is 97.3 Å². The molecule has 0 radical (unpaired) electrons. The first-order valence-electron chi connectivity index (χ1n) is 5.95. The second-order valence-electron chi connectivity index (χ2n) is 4.23. The van der Waals surface area contributed by atoms with E-state index in [9.17, 15) is 29.0 Å². The van der Waals surface area contributed by atoms with E-state index in [0.717, 1.165) is 24.3 Å². The van der Waals surface area contributed by atoms with Gasteiger partial charge in [-0.25, -0.2) is 8.78 Å². The van der Waals surface area contributed by atoms with Gasteiger partial charge in [0.2, 0.25) is 0 Å². The molecule has 0 unspecified atom stereocenters. The number of hydrogen-bond donors (Lipinski definition) is 0. The van der Waals surface area contributed by atoms with Crippen LogP contribution in [0.4, 0.5) is 8.78 Å². The average molecular weight is 306 g/mol. The van der Waals surface area contributed by atoms with E-state index in [2.05, 4.69) is 0 Å². The van der Waals surface area contributed by atoms with Crippen LogP contribution >= 0.6 is 0 Å². The number of nitrogens with zero attached hydrogens (tertiary/aromatic N) is 2. The van der Waals surface area contributed by atoms with Crippen molar-refractivity contribution in [3.63, 3.8) is 0 Å². The predicted octanol–water partition coefficient (Wildman–Crippen LogP) is 3.24. The fourth-order valence-corrected chi connectivity index (χ4v) is 1.91. The van der Waals surface area contributed by atoms with E-state index in [4.69, 9.17) is 0 Å². The van der Waals surface area contributed by atoms with Crippen LogP contribution in [0, 0.1) is 31.9 Å². The molecule has 2 rings (SSSR count). The zero-order chi connectivity index (χ0) is 16.3. The van der Waals surface area contributed by atoms with Gasteiger partial charge in [0.15, 0.2) is 0 Å². The molecule has 2 aromatic rings. The minimum atomic E-state index is -1.27. The zero-order valence-corrected chi connectivity index (χ0v) is 10.9. The van der Waals surface area contributed by atoms with E-state index in [-0.39, 0.29) is 16.7 Å². The largest absolute Gasteiger partial charge is 0.567 e. The van der Waals surface area contributed by atoms with E-state index in [0.29, 0.717) is 0 Å². The summed E-state index contributed by atoms with van der Waals surface area (Å²) in [5.41, 5.74) is -0.164. The van der Waals surface area contributed by atoms with Gasteiger partial charge >= 0.3 is 5.82 Å². The highest BCUT2D eigenvalue weighted by Crippen LogP contribution is 2.28. The first-order valence-corrected chi connectivity index (χ1v) is 5.95. The van der Waals surface area contributed by atoms with Crippen LogP contribution in [0.1, 0.15) is 11.1 Å². The quantitative estimate of drug-likeness (QED) is 0.641. The molecule has 0 bridgehead atoms. The Morgan fingerprint density at radius 3 is 1.32 bits per heavy atom. The molecule has 0 spiro atoms. The molecule has 0 aromatic heterocycles. The molecule has 8 heteroatoms. The van der Waals surface area contributed by atoms with Crippen LogP contribution < -0.4 is 0 Å². The van der Waals surface area contributed by atoms with Gasteiger partial charge in [-0.15, -0.1) is 0 Å². The molecule has 22 heavy (non-hydrogen) atoms. The van der Waals surface area contributed by atoms with Gasteiger partial charge in [0.05, 0.1) is 0 Å². The fraction of sp³-hybridized carbons (Fsp3) is 0. The first-order chi connectivity index (χ1) is 10.4. The Hall–Kier alpha value is -3.16. The van der Waals surface area contributed by atoms with Crippen LogP contribution in [0.2, 0.25) is 0 Å². The van der Waals surface area contributed by atoms with Gasteiger partial charge < -0.3 is 0 Å². The fourth-order valence-electron chi connectivity index (χ4n) is 1.91. The second kappa shape index (κ2) is 6.08. The highest BCUT2D eigenvalue weighted by molar-refractivity contribution is 5.80. The Balaban J connectivity index is 2.76. The minimum absolute atomic E-state index is 0.0800. The highest BCUT2D eigenvalue weighted by Gasteiger charge is 2.33. The molecule has 0 heterocycles. The van der Waals surface area contributed by atoms with Gasteiger partial charge in [0.25, 0.3) is 0 Å². The van der Waals surface area contributed by atoms with Gasteiger partial charge in [-0.05, 0) is 35.4 Å². The van der Waals surface area contributed by atoms with Crippen LogP contribution in [-0.2, 0) is 0 Å². The van der Waals surface area contributed by atoms with E-state index in [1.807, 2.05) is 0 Å². The number of halogens is 2. The van der Waals surface area contributed by atoms with E-state index in [1.54, 1.807) is 0 Å². The van der Waals surface area contributed by atoms with E-state index in [1.165, 1.54) is 24.3 Å². The van der Waals surface area contributed by atoms with Crippen molar-refractivity contribution >= 4 is 5.57 Å². The molecule has 0 saturated heterocycles. The molecule has 0 amide bonds. The number of hydrogen-bond acceptors (Lipinski definition) is 4. The zero-order valence-electron chi connectivity index (χ0n) is 10.9. The van der Waals surface area contributed by atoms with Crippen molar-refractivity contribution in [3.8, 4) is 0 Å². The molecule has 0 aliphatic heterocycles. The molecule has 0 atom stereocenters. The number of benzene rings is 2. The molecule has 0 saturated carbocycles. The maximum Gasteiger partial charge on any atom is 0.567 e. The standard InChI is InChI=1S/C14H8F2N2O4/c15-11-5-1-9(2-6-11)13(14(17(19)20)18(21)22)10-3-7-12(16)8-4-10/h1-8H. The van der Waals surface area contributed by atoms with Crippen LogP contribution in [0.15, 0.2) is 54.4 Å². The molecule has 112 valence electrons. The summed E-state index contributed by atoms with van der Waals surface area (Å²) in [6.45, 7) is 0. The summed E-state index contributed by atoms with van der Waals surface area (Å²) in [6.07, 6.45) is 0.